The summed E-state index contributed by atoms with van der Waals surface area (Å²) < 4.78 is 1.89. The minimum atomic E-state index is 0.896. The van der Waals surface area contributed by atoms with Crippen molar-refractivity contribution in [3.05, 3.63) is 30.6 Å². The lowest BCUT2D eigenvalue weighted by molar-refractivity contribution is 0.610. The Bertz CT molecular complexity index is 252. The number of hydrogen-bond donors (Lipinski definition) is 1. The monoisotopic (exact) mass is 179 g/mol. The zero-order chi connectivity index (χ0) is 9.52. The zero-order valence-electron chi connectivity index (χ0n) is 8.16. The molecule has 0 fully saturated rings. The largest absolute Gasteiger partial charge is 0.311 e. The molecule has 0 aromatic carbocycles. The van der Waals surface area contributed by atoms with Crippen LogP contribution in [0, 0.1) is 0 Å². The lowest BCUT2D eigenvalue weighted by Gasteiger charge is -2.03. The van der Waals surface area contributed by atoms with Crippen LogP contribution >= 0.6 is 0 Å². The fourth-order valence-corrected chi connectivity index (χ4v) is 1.16. The molecule has 13 heavy (non-hydrogen) atoms. The number of rotatable bonds is 6. The molecule has 1 aromatic rings. The number of nitrogens with one attached hydrogen (secondary N) is 1. The molecule has 0 aliphatic rings. The van der Waals surface area contributed by atoms with Crippen molar-refractivity contribution in [3.8, 4) is 0 Å². The van der Waals surface area contributed by atoms with Crippen molar-refractivity contribution in [2.45, 2.75) is 19.4 Å². The van der Waals surface area contributed by atoms with Gasteiger partial charge in [0.1, 0.15) is 0 Å². The molecule has 0 saturated heterocycles. The van der Waals surface area contributed by atoms with E-state index in [1.807, 2.05) is 30.1 Å². The molecule has 0 saturated carbocycles. The van der Waals surface area contributed by atoms with Gasteiger partial charge in [0.15, 0.2) is 0 Å². The van der Waals surface area contributed by atoms with Gasteiger partial charge < -0.3 is 5.32 Å². The van der Waals surface area contributed by atoms with E-state index in [4.69, 9.17) is 0 Å². The van der Waals surface area contributed by atoms with E-state index >= 15 is 0 Å². The maximum absolute atomic E-state index is 4.09. The van der Waals surface area contributed by atoms with Crippen molar-refractivity contribution >= 4 is 0 Å². The molecule has 0 atom stereocenters. The third kappa shape index (κ3) is 3.42. The first kappa shape index (κ1) is 9.99. The summed E-state index contributed by atoms with van der Waals surface area (Å²) in [5.41, 5.74) is 1.22. The predicted octanol–water partition coefficient (Wildman–Crippen LogP) is 1.48. The maximum atomic E-state index is 4.09. The molecular formula is C10H17N3. The van der Waals surface area contributed by atoms with Crippen LogP contribution in [-0.4, -0.2) is 16.3 Å². The molecule has 0 amide bonds. The Morgan fingerprint density at radius 3 is 3.15 bits per heavy atom. The minimum absolute atomic E-state index is 0.896. The van der Waals surface area contributed by atoms with Crippen molar-refractivity contribution in [1.29, 1.82) is 0 Å². The van der Waals surface area contributed by atoms with Gasteiger partial charge in [-0.15, -0.1) is 6.58 Å². The Balaban J connectivity index is 2.13. The van der Waals surface area contributed by atoms with Crippen LogP contribution in [0.2, 0.25) is 0 Å². The predicted molar refractivity (Wildman–Crippen MR) is 54.3 cm³/mol. The maximum Gasteiger partial charge on any atom is 0.0518 e. The van der Waals surface area contributed by atoms with Gasteiger partial charge in [-0.25, -0.2) is 0 Å². The van der Waals surface area contributed by atoms with Crippen molar-refractivity contribution in [3.63, 3.8) is 0 Å². The Morgan fingerprint density at radius 1 is 1.69 bits per heavy atom. The lowest BCUT2D eigenvalue weighted by Crippen LogP contribution is -2.16. The summed E-state index contributed by atoms with van der Waals surface area (Å²) in [7, 11) is 1.96. The van der Waals surface area contributed by atoms with Crippen LogP contribution in [0.25, 0.3) is 0 Å². The molecule has 0 aliphatic heterocycles. The first-order valence-corrected chi connectivity index (χ1v) is 4.63. The van der Waals surface area contributed by atoms with Gasteiger partial charge in [-0.2, -0.15) is 5.10 Å². The molecule has 72 valence electrons. The summed E-state index contributed by atoms with van der Waals surface area (Å²) >= 11 is 0. The number of unbranched alkanes of at least 4 members (excludes halogenated alkanes) is 1. The van der Waals surface area contributed by atoms with E-state index in [0.29, 0.717) is 0 Å². The van der Waals surface area contributed by atoms with Crippen LogP contribution in [0.15, 0.2) is 24.9 Å². The van der Waals surface area contributed by atoms with Gasteiger partial charge in [-0.3, -0.25) is 4.68 Å². The quantitative estimate of drug-likeness (QED) is 0.529. The summed E-state index contributed by atoms with van der Waals surface area (Å²) in [6.45, 7) is 5.62. The molecule has 0 aliphatic carbocycles. The van der Waals surface area contributed by atoms with Gasteiger partial charge in [-0.1, -0.05) is 6.08 Å². The van der Waals surface area contributed by atoms with E-state index in [1.165, 1.54) is 5.69 Å². The van der Waals surface area contributed by atoms with Gasteiger partial charge in [0.05, 0.1) is 5.69 Å². The van der Waals surface area contributed by atoms with Gasteiger partial charge >= 0.3 is 0 Å². The van der Waals surface area contributed by atoms with Crippen molar-refractivity contribution in [1.82, 2.24) is 15.1 Å². The average Bonchev–Trinajstić information content (AvgIpc) is 2.52. The summed E-state index contributed by atoms with van der Waals surface area (Å²) in [6, 6.07) is 2.03. The van der Waals surface area contributed by atoms with Crippen LogP contribution in [0.4, 0.5) is 0 Å². The molecule has 0 unspecified atom stereocenters. The normalized spacial score (nSPS) is 10.2. The SMILES string of the molecule is C=CCCCNCc1ccnn1C. The van der Waals surface area contributed by atoms with E-state index in [9.17, 15) is 0 Å². The van der Waals surface area contributed by atoms with E-state index in [0.717, 1.165) is 25.9 Å². The van der Waals surface area contributed by atoms with E-state index in [2.05, 4.69) is 17.0 Å². The second kappa shape index (κ2) is 5.54. The zero-order valence-corrected chi connectivity index (χ0v) is 8.16. The molecular weight excluding hydrogens is 162 g/mol. The second-order valence-corrected chi connectivity index (χ2v) is 3.05. The van der Waals surface area contributed by atoms with E-state index in [1.54, 1.807) is 0 Å². The lowest BCUT2D eigenvalue weighted by atomic mass is 10.3. The first-order valence-electron chi connectivity index (χ1n) is 4.63. The molecule has 1 rings (SSSR count). The van der Waals surface area contributed by atoms with Crippen LogP contribution in [0.5, 0.6) is 0 Å². The number of allylic oxidation sites excluding steroid dienone is 1. The first-order chi connectivity index (χ1) is 6.34. The highest BCUT2D eigenvalue weighted by Crippen LogP contribution is 1.95. The second-order valence-electron chi connectivity index (χ2n) is 3.05. The molecule has 0 radical (unpaired) electrons. The molecule has 1 aromatic heterocycles. The van der Waals surface area contributed by atoms with Gasteiger partial charge in [0.2, 0.25) is 0 Å². The van der Waals surface area contributed by atoms with Crippen LogP contribution in [0.1, 0.15) is 18.5 Å². The Morgan fingerprint density at radius 2 is 2.54 bits per heavy atom. The van der Waals surface area contributed by atoms with Crippen LogP contribution < -0.4 is 5.32 Å². The Labute approximate surface area is 79.5 Å². The Hall–Kier alpha value is -1.09. The smallest absolute Gasteiger partial charge is 0.0518 e. The topological polar surface area (TPSA) is 29.9 Å². The third-order valence-electron chi connectivity index (χ3n) is 1.99. The average molecular weight is 179 g/mol. The van der Waals surface area contributed by atoms with Crippen molar-refractivity contribution in [2.75, 3.05) is 6.54 Å². The van der Waals surface area contributed by atoms with Crippen LogP contribution in [-0.2, 0) is 13.6 Å². The summed E-state index contributed by atoms with van der Waals surface area (Å²) in [4.78, 5) is 0. The molecule has 0 spiro atoms. The van der Waals surface area contributed by atoms with Gasteiger partial charge in [0.25, 0.3) is 0 Å². The van der Waals surface area contributed by atoms with Gasteiger partial charge in [-0.05, 0) is 25.5 Å². The summed E-state index contributed by atoms with van der Waals surface area (Å²) in [5, 5.41) is 7.45. The molecule has 1 N–H and O–H groups in total. The molecule has 3 heteroatoms. The van der Waals surface area contributed by atoms with Crippen LogP contribution in [0.3, 0.4) is 0 Å². The number of hydrogen-bond acceptors (Lipinski definition) is 2. The third-order valence-corrected chi connectivity index (χ3v) is 1.99. The highest BCUT2D eigenvalue weighted by Gasteiger charge is 1.95. The fraction of sp³-hybridized carbons (Fsp3) is 0.500. The summed E-state index contributed by atoms with van der Waals surface area (Å²) in [6.07, 6.45) is 6.01. The van der Waals surface area contributed by atoms with Gasteiger partial charge in [0, 0.05) is 19.8 Å². The van der Waals surface area contributed by atoms with Crippen molar-refractivity contribution in [2.24, 2.45) is 7.05 Å². The standard InChI is InChI=1S/C10H17N3/c1-3-4-5-7-11-9-10-6-8-12-13(10)2/h3,6,8,11H,1,4-5,7,9H2,2H3. The highest BCUT2D eigenvalue weighted by molar-refractivity contribution is 4.98. The Kier molecular flexibility index (Phi) is 4.26. The van der Waals surface area contributed by atoms with E-state index in [-0.39, 0.29) is 0 Å². The number of nitrogens with zero attached hydrogens (tertiary/aromatic N) is 2. The minimum Gasteiger partial charge on any atom is -0.311 e. The molecule has 1 heterocycles. The summed E-state index contributed by atoms with van der Waals surface area (Å²) in [5.74, 6) is 0. The van der Waals surface area contributed by atoms with Crippen molar-refractivity contribution < 1.29 is 0 Å². The fourth-order valence-electron chi connectivity index (χ4n) is 1.16. The molecule has 3 nitrogen and oxygen atoms in total. The number of aromatic nitrogens is 2. The molecule has 0 bridgehead atoms. The highest BCUT2D eigenvalue weighted by atomic mass is 15.3. The van der Waals surface area contributed by atoms with E-state index < -0.39 is 0 Å². The number of aryl methyl sites for hydroxylation is 1.